The topological polar surface area (TPSA) is 26.0 Å². The third kappa shape index (κ3) is 9.34. The van der Waals surface area contributed by atoms with Gasteiger partial charge < -0.3 is 5.73 Å². The quantitative estimate of drug-likeness (QED) is 0.541. The lowest BCUT2D eigenvalue weighted by Crippen LogP contribution is -2.20. The lowest BCUT2D eigenvalue weighted by atomic mass is 10.2. The van der Waals surface area contributed by atoms with E-state index in [1.807, 2.05) is 0 Å². The first kappa shape index (κ1) is 18.4. The first-order valence-corrected chi connectivity index (χ1v) is 4.77. The Morgan fingerprint density at radius 2 is 1.25 bits per heavy atom. The molecule has 1 aromatic carbocycles. The molecule has 0 aliphatic heterocycles. The number of alkyl halides is 9. The van der Waals surface area contributed by atoms with Crippen molar-refractivity contribution in [2.45, 2.75) is 24.9 Å². The predicted molar refractivity (Wildman–Crippen MR) is 52.6 cm³/mol. The zero-order valence-corrected chi connectivity index (χ0v) is 9.50. The Labute approximate surface area is 107 Å². The van der Waals surface area contributed by atoms with Gasteiger partial charge in [-0.1, -0.05) is 6.07 Å². The number of hydrogen-bond donors (Lipinski definition) is 1. The van der Waals surface area contributed by atoms with E-state index in [9.17, 15) is 39.5 Å². The second-order valence-electron chi connectivity index (χ2n) is 3.53. The van der Waals surface area contributed by atoms with Crippen molar-refractivity contribution >= 4 is 5.69 Å². The van der Waals surface area contributed by atoms with Crippen molar-refractivity contribution in [3.05, 3.63) is 29.8 Å². The number of halogens is 9. The van der Waals surface area contributed by atoms with E-state index in [-0.39, 0.29) is 5.69 Å². The molecule has 0 atom stereocenters. The maximum Gasteiger partial charge on any atom is 0.416 e. The van der Waals surface area contributed by atoms with Gasteiger partial charge in [-0.05, 0) is 18.2 Å². The molecule has 1 aromatic rings. The van der Waals surface area contributed by atoms with Gasteiger partial charge in [-0.2, -0.15) is 39.5 Å². The Morgan fingerprint density at radius 3 is 1.45 bits per heavy atom. The number of nitrogens with two attached hydrogens (primary N) is 1. The Morgan fingerprint density at radius 1 is 0.800 bits per heavy atom. The van der Waals surface area contributed by atoms with Crippen molar-refractivity contribution in [3.8, 4) is 0 Å². The molecule has 0 radical (unpaired) electrons. The van der Waals surface area contributed by atoms with Crippen molar-refractivity contribution in [1.82, 2.24) is 0 Å². The van der Waals surface area contributed by atoms with Gasteiger partial charge in [0.2, 0.25) is 0 Å². The average molecular weight is 313 g/mol. The fraction of sp³-hybridized carbons (Fsp3) is 0.400. The van der Waals surface area contributed by atoms with E-state index >= 15 is 0 Å². The van der Waals surface area contributed by atoms with E-state index in [0.717, 1.165) is 12.1 Å². The molecule has 20 heavy (non-hydrogen) atoms. The highest BCUT2D eigenvalue weighted by Crippen LogP contribution is 2.32. The van der Waals surface area contributed by atoms with Crippen LogP contribution in [-0.4, -0.2) is 12.4 Å². The summed E-state index contributed by atoms with van der Waals surface area (Å²) in [5.74, 6) is 0. The predicted octanol–water partition coefficient (Wildman–Crippen LogP) is 4.79. The molecule has 0 heterocycles. The monoisotopic (exact) mass is 313 g/mol. The zero-order valence-electron chi connectivity index (χ0n) is 9.50. The Hall–Kier alpha value is -1.61. The maximum absolute atomic E-state index is 11.9. The molecule has 0 aliphatic rings. The molecule has 2 N–H and O–H groups in total. The summed E-state index contributed by atoms with van der Waals surface area (Å²) in [5.41, 5.74) is 4.57. The van der Waals surface area contributed by atoms with Gasteiger partial charge in [0.15, 0.2) is 0 Å². The van der Waals surface area contributed by atoms with Crippen LogP contribution in [0.1, 0.15) is 12.0 Å². The molecule has 0 amide bonds. The van der Waals surface area contributed by atoms with Crippen LogP contribution in [0.15, 0.2) is 24.3 Å². The van der Waals surface area contributed by atoms with Crippen LogP contribution in [0.2, 0.25) is 0 Å². The van der Waals surface area contributed by atoms with E-state index in [1.54, 1.807) is 0 Å². The Bertz CT molecular complexity index is 404. The van der Waals surface area contributed by atoms with Gasteiger partial charge in [-0.25, -0.2) is 0 Å². The van der Waals surface area contributed by atoms with Crippen LogP contribution in [-0.2, 0) is 6.18 Å². The van der Waals surface area contributed by atoms with Crippen molar-refractivity contribution in [3.63, 3.8) is 0 Å². The minimum Gasteiger partial charge on any atom is -0.399 e. The van der Waals surface area contributed by atoms with E-state index in [2.05, 4.69) is 0 Å². The molecule has 0 bridgehead atoms. The molecular weight excluding hydrogens is 305 g/mol. The van der Waals surface area contributed by atoms with E-state index in [4.69, 9.17) is 5.73 Å². The summed E-state index contributed by atoms with van der Waals surface area (Å²) in [6, 6.07) is 4.57. The molecule has 116 valence electrons. The number of benzene rings is 1. The molecule has 0 fully saturated rings. The van der Waals surface area contributed by atoms with Gasteiger partial charge >= 0.3 is 18.5 Å². The minimum atomic E-state index is -5.14. The highest BCUT2D eigenvalue weighted by molar-refractivity contribution is 5.41. The van der Waals surface area contributed by atoms with Gasteiger partial charge in [0, 0.05) is 5.69 Å². The van der Waals surface area contributed by atoms with Crippen LogP contribution in [0.3, 0.4) is 0 Å². The van der Waals surface area contributed by atoms with E-state index in [1.165, 1.54) is 12.1 Å². The fourth-order valence-corrected chi connectivity index (χ4v) is 0.942. The van der Waals surface area contributed by atoms with E-state index < -0.39 is 30.5 Å². The highest BCUT2D eigenvalue weighted by atomic mass is 19.4. The molecule has 0 unspecified atom stereocenters. The summed E-state index contributed by atoms with van der Waals surface area (Å²) in [7, 11) is 0. The van der Waals surface area contributed by atoms with Crippen molar-refractivity contribution < 1.29 is 39.5 Å². The van der Waals surface area contributed by atoms with E-state index in [0.29, 0.717) is 0 Å². The molecule has 0 aliphatic carbocycles. The number of hydrogen-bond acceptors (Lipinski definition) is 1. The second kappa shape index (κ2) is 6.23. The standard InChI is InChI=1S/C7H6F3N.C3H2F6/c8-7(9,10)5-2-1-3-6(11)4-5;4-2(5,6)1-3(7,8)9/h1-4H,11H2;1H2. The van der Waals surface area contributed by atoms with Crippen LogP contribution in [0, 0.1) is 0 Å². The lowest BCUT2D eigenvalue weighted by Gasteiger charge is -2.08. The minimum absolute atomic E-state index is 0.125. The third-order valence-corrected chi connectivity index (χ3v) is 1.61. The average Bonchev–Trinajstić information content (AvgIpc) is 2.10. The van der Waals surface area contributed by atoms with Crippen LogP contribution >= 0.6 is 0 Å². The third-order valence-electron chi connectivity index (χ3n) is 1.61. The Balaban J connectivity index is 0.000000370. The van der Waals surface area contributed by atoms with Gasteiger partial charge in [-0.15, -0.1) is 0 Å². The molecular formula is C10H8F9N. The number of rotatable bonds is 0. The summed E-state index contributed by atoms with van der Waals surface area (Å²) in [5, 5.41) is 0. The summed E-state index contributed by atoms with van der Waals surface area (Å²) in [4.78, 5) is 0. The molecule has 0 saturated heterocycles. The first-order chi connectivity index (χ1) is 8.71. The van der Waals surface area contributed by atoms with Gasteiger partial charge in [0.25, 0.3) is 0 Å². The number of anilines is 1. The summed E-state index contributed by atoms with van der Waals surface area (Å²) >= 11 is 0. The van der Waals surface area contributed by atoms with Crippen molar-refractivity contribution in [1.29, 1.82) is 0 Å². The first-order valence-electron chi connectivity index (χ1n) is 4.77. The van der Waals surface area contributed by atoms with Gasteiger partial charge in [-0.3, -0.25) is 0 Å². The lowest BCUT2D eigenvalue weighted by molar-refractivity contribution is -0.232. The van der Waals surface area contributed by atoms with Crippen LogP contribution < -0.4 is 5.73 Å². The summed E-state index contributed by atoms with van der Waals surface area (Å²) < 4.78 is 101. The summed E-state index contributed by atoms with van der Waals surface area (Å²) in [6.07, 6.45) is -17.3. The number of nitrogen functional groups attached to an aromatic ring is 1. The SMILES string of the molecule is FC(F)(F)CC(F)(F)F.Nc1cccc(C(F)(F)F)c1. The zero-order chi connectivity index (χ0) is 16.2. The maximum atomic E-state index is 11.9. The highest BCUT2D eigenvalue weighted by Gasteiger charge is 2.43. The molecule has 1 nitrogen and oxygen atoms in total. The molecule has 10 heteroatoms. The molecule has 0 aromatic heterocycles. The fourth-order valence-electron chi connectivity index (χ4n) is 0.942. The van der Waals surface area contributed by atoms with Gasteiger partial charge in [0.05, 0.1) is 5.56 Å². The summed E-state index contributed by atoms with van der Waals surface area (Å²) in [6.45, 7) is 0. The largest absolute Gasteiger partial charge is 0.416 e. The second-order valence-corrected chi connectivity index (χ2v) is 3.53. The smallest absolute Gasteiger partial charge is 0.399 e. The van der Waals surface area contributed by atoms with Crippen LogP contribution in [0.4, 0.5) is 45.2 Å². The Kier molecular flexibility index (Phi) is 5.73. The van der Waals surface area contributed by atoms with Crippen molar-refractivity contribution in [2.75, 3.05) is 5.73 Å². The molecule has 0 spiro atoms. The van der Waals surface area contributed by atoms with Crippen LogP contribution in [0.25, 0.3) is 0 Å². The molecule has 1 rings (SSSR count). The van der Waals surface area contributed by atoms with Crippen molar-refractivity contribution in [2.24, 2.45) is 0 Å². The molecule has 0 saturated carbocycles. The normalized spacial score (nSPS) is 12.7. The van der Waals surface area contributed by atoms with Gasteiger partial charge in [0.1, 0.15) is 6.42 Å². The van der Waals surface area contributed by atoms with Crippen LogP contribution in [0.5, 0.6) is 0 Å².